The summed E-state index contributed by atoms with van der Waals surface area (Å²) in [4.78, 5) is 16.9. The van der Waals surface area contributed by atoms with Gasteiger partial charge in [-0.2, -0.15) is 23.4 Å². The Labute approximate surface area is 171 Å². The first-order valence-electron chi connectivity index (χ1n) is 9.92. The minimum Gasteiger partial charge on any atom is -0.350 e. The molecule has 1 amide bonds. The van der Waals surface area contributed by atoms with Crippen LogP contribution in [0.2, 0.25) is 0 Å². The highest BCUT2D eigenvalue weighted by Crippen LogP contribution is 2.43. The van der Waals surface area contributed by atoms with Gasteiger partial charge in [-0.05, 0) is 39.7 Å². The highest BCUT2D eigenvalue weighted by Gasteiger charge is 2.37. The Balaban J connectivity index is 1.60. The molecule has 160 valence electrons. The standard InChI is InChI=1S/C20H23F3N6O/c1-4-28-9-14(11(2)26-28)8-24-17(30)10-29-19-18(12(3)27-29)15(20(21,22)23)7-16(25-19)13-5-6-13/h7,9,13H,4-6,8,10H2,1-3H3,(H,24,30). The van der Waals surface area contributed by atoms with Gasteiger partial charge in [0.1, 0.15) is 6.54 Å². The molecule has 1 N–H and O–H groups in total. The zero-order valence-electron chi connectivity index (χ0n) is 17.0. The maximum Gasteiger partial charge on any atom is 0.417 e. The average molecular weight is 420 g/mol. The van der Waals surface area contributed by atoms with Crippen LogP contribution < -0.4 is 5.32 Å². The molecule has 0 unspecified atom stereocenters. The van der Waals surface area contributed by atoms with E-state index in [1.54, 1.807) is 4.68 Å². The summed E-state index contributed by atoms with van der Waals surface area (Å²) in [5.74, 6) is -0.304. The van der Waals surface area contributed by atoms with Gasteiger partial charge in [0.25, 0.3) is 0 Å². The number of hydrogen-bond acceptors (Lipinski definition) is 4. The van der Waals surface area contributed by atoms with Crippen molar-refractivity contribution < 1.29 is 18.0 Å². The normalized spacial score (nSPS) is 14.5. The van der Waals surface area contributed by atoms with E-state index in [1.165, 1.54) is 11.6 Å². The Bertz CT molecular complexity index is 1110. The molecule has 3 heterocycles. The van der Waals surface area contributed by atoms with Crippen molar-refractivity contribution in [3.05, 3.63) is 40.5 Å². The quantitative estimate of drug-likeness (QED) is 0.662. The molecule has 1 aliphatic carbocycles. The maximum atomic E-state index is 13.7. The van der Waals surface area contributed by atoms with Crippen LogP contribution in [-0.4, -0.2) is 30.5 Å². The van der Waals surface area contributed by atoms with Gasteiger partial charge in [0.05, 0.1) is 22.3 Å². The van der Waals surface area contributed by atoms with Gasteiger partial charge >= 0.3 is 6.18 Å². The third-order valence-corrected chi connectivity index (χ3v) is 5.34. The fraction of sp³-hybridized carbons (Fsp3) is 0.500. The second-order valence-corrected chi connectivity index (χ2v) is 7.68. The van der Waals surface area contributed by atoms with E-state index in [2.05, 4.69) is 20.5 Å². The number of halogens is 3. The lowest BCUT2D eigenvalue weighted by atomic mass is 10.1. The van der Waals surface area contributed by atoms with E-state index in [4.69, 9.17) is 0 Å². The summed E-state index contributed by atoms with van der Waals surface area (Å²) in [5.41, 5.74) is 1.71. The van der Waals surface area contributed by atoms with Crippen molar-refractivity contribution in [2.45, 2.75) is 65.3 Å². The molecule has 0 atom stereocenters. The third kappa shape index (κ3) is 3.90. The number of hydrogen-bond donors (Lipinski definition) is 1. The van der Waals surface area contributed by atoms with Crippen LogP contribution in [0.3, 0.4) is 0 Å². The molecule has 10 heteroatoms. The number of alkyl halides is 3. The molecule has 1 aliphatic rings. The monoisotopic (exact) mass is 420 g/mol. The predicted molar refractivity (Wildman–Crippen MR) is 104 cm³/mol. The van der Waals surface area contributed by atoms with E-state index in [0.29, 0.717) is 5.69 Å². The van der Waals surface area contributed by atoms with Crippen molar-refractivity contribution in [2.24, 2.45) is 0 Å². The van der Waals surface area contributed by atoms with Crippen LogP contribution in [-0.2, 0) is 30.6 Å². The molecular weight excluding hydrogens is 397 g/mol. The zero-order valence-corrected chi connectivity index (χ0v) is 17.0. The number of carbonyl (C=O) groups excluding carboxylic acids is 1. The number of rotatable bonds is 6. The summed E-state index contributed by atoms with van der Waals surface area (Å²) < 4.78 is 44.0. The van der Waals surface area contributed by atoms with Gasteiger partial charge in [0.2, 0.25) is 5.91 Å². The van der Waals surface area contributed by atoms with E-state index >= 15 is 0 Å². The molecule has 1 saturated carbocycles. The molecule has 0 bridgehead atoms. The minimum atomic E-state index is -4.51. The predicted octanol–water partition coefficient (Wildman–Crippen LogP) is 3.48. The van der Waals surface area contributed by atoms with Crippen molar-refractivity contribution in [1.82, 2.24) is 29.9 Å². The van der Waals surface area contributed by atoms with Crippen LogP contribution >= 0.6 is 0 Å². The van der Waals surface area contributed by atoms with Crippen LogP contribution in [0, 0.1) is 13.8 Å². The van der Waals surface area contributed by atoms with Crippen molar-refractivity contribution >= 4 is 16.9 Å². The summed E-state index contributed by atoms with van der Waals surface area (Å²) in [5, 5.41) is 11.3. The topological polar surface area (TPSA) is 77.6 Å². The summed E-state index contributed by atoms with van der Waals surface area (Å²) in [6.07, 6.45) is -0.993. The number of carbonyl (C=O) groups is 1. The largest absolute Gasteiger partial charge is 0.417 e. The molecule has 3 aromatic heterocycles. The lowest BCUT2D eigenvalue weighted by Crippen LogP contribution is -2.27. The zero-order chi connectivity index (χ0) is 21.6. The second-order valence-electron chi connectivity index (χ2n) is 7.68. The summed E-state index contributed by atoms with van der Waals surface area (Å²) in [6, 6.07) is 1.13. The molecule has 0 aromatic carbocycles. The number of pyridine rings is 1. The first-order valence-corrected chi connectivity index (χ1v) is 9.92. The van der Waals surface area contributed by atoms with Gasteiger partial charge in [-0.3, -0.25) is 9.48 Å². The van der Waals surface area contributed by atoms with Gasteiger partial charge < -0.3 is 5.32 Å². The lowest BCUT2D eigenvalue weighted by Gasteiger charge is -2.11. The Morgan fingerprint density at radius 1 is 1.23 bits per heavy atom. The number of aromatic nitrogens is 5. The Morgan fingerprint density at radius 2 is 1.97 bits per heavy atom. The minimum absolute atomic E-state index is 0.0419. The van der Waals surface area contributed by atoms with Crippen LogP contribution in [0.1, 0.15) is 53.9 Å². The number of fused-ring (bicyclic) bond motifs is 1. The van der Waals surface area contributed by atoms with Gasteiger partial charge in [0, 0.05) is 36.5 Å². The van der Waals surface area contributed by atoms with Gasteiger partial charge in [-0.25, -0.2) is 9.67 Å². The number of nitrogens with one attached hydrogen (secondary N) is 1. The van der Waals surface area contributed by atoms with Crippen molar-refractivity contribution in [3.63, 3.8) is 0 Å². The average Bonchev–Trinajstić information content (AvgIpc) is 3.40. The first kappa shape index (κ1) is 20.4. The highest BCUT2D eigenvalue weighted by atomic mass is 19.4. The second kappa shape index (κ2) is 7.41. The van der Waals surface area contributed by atoms with Crippen LogP contribution in [0.15, 0.2) is 12.3 Å². The molecule has 0 spiro atoms. The number of nitrogens with zero attached hydrogens (tertiary/aromatic N) is 5. The smallest absolute Gasteiger partial charge is 0.350 e. The maximum absolute atomic E-state index is 13.7. The van der Waals surface area contributed by atoms with E-state index < -0.39 is 11.7 Å². The molecule has 4 rings (SSSR count). The molecular formula is C20H23F3N6O. The van der Waals surface area contributed by atoms with E-state index in [0.717, 1.165) is 36.7 Å². The fourth-order valence-corrected chi connectivity index (χ4v) is 3.58. The van der Waals surface area contributed by atoms with Crippen molar-refractivity contribution in [2.75, 3.05) is 0 Å². The highest BCUT2D eigenvalue weighted by molar-refractivity contribution is 5.85. The molecule has 7 nitrogen and oxygen atoms in total. The molecule has 1 fully saturated rings. The van der Waals surface area contributed by atoms with E-state index in [1.807, 2.05) is 20.0 Å². The van der Waals surface area contributed by atoms with Crippen LogP contribution in [0.5, 0.6) is 0 Å². The van der Waals surface area contributed by atoms with Crippen LogP contribution in [0.25, 0.3) is 11.0 Å². The van der Waals surface area contributed by atoms with Gasteiger partial charge in [0.15, 0.2) is 5.65 Å². The Kier molecular flexibility index (Phi) is 5.03. The fourth-order valence-electron chi connectivity index (χ4n) is 3.58. The summed E-state index contributed by atoms with van der Waals surface area (Å²) in [6.45, 7) is 6.15. The van der Waals surface area contributed by atoms with Crippen molar-refractivity contribution in [3.8, 4) is 0 Å². The van der Waals surface area contributed by atoms with E-state index in [9.17, 15) is 18.0 Å². The summed E-state index contributed by atoms with van der Waals surface area (Å²) >= 11 is 0. The van der Waals surface area contributed by atoms with Gasteiger partial charge in [-0.1, -0.05) is 0 Å². The van der Waals surface area contributed by atoms with Crippen molar-refractivity contribution in [1.29, 1.82) is 0 Å². The lowest BCUT2D eigenvalue weighted by molar-refractivity contribution is -0.136. The molecule has 0 saturated heterocycles. The summed E-state index contributed by atoms with van der Waals surface area (Å²) in [7, 11) is 0. The van der Waals surface area contributed by atoms with Gasteiger partial charge in [-0.15, -0.1) is 0 Å². The number of aryl methyl sites for hydroxylation is 3. The number of amides is 1. The third-order valence-electron chi connectivity index (χ3n) is 5.34. The molecule has 0 aliphatic heterocycles. The molecule has 3 aromatic rings. The van der Waals surface area contributed by atoms with E-state index in [-0.39, 0.29) is 41.6 Å². The first-order chi connectivity index (χ1) is 14.2. The Hall–Kier alpha value is -2.91. The van der Waals surface area contributed by atoms with Crippen LogP contribution in [0.4, 0.5) is 13.2 Å². The molecule has 0 radical (unpaired) electrons. The SMILES string of the molecule is CCn1cc(CNC(=O)Cn2nc(C)c3c(C(F)(F)F)cc(C4CC4)nc32)c(C)n1. The Morgan fingerprint density at radius 3 is 2.57 bits per heavy atom. The molecule has 30 heavy (non-hydrogen) atoms.